The standard InChI is InChI=1S/C69H131/c1-5-9-12-15-18-21-24-27-30-33-36-39-42-45-48-51-54-57-61-67-64-66(60-8-4)65-68(62-58-55-52-49-46-43-40-37-34-31-28-25-22-19-16-13-10-6-2)69(67)63-59-56-53-50-47-44-41-38-35-32-29-26-23-20-17-14-11-7-3/h64-65H,4-63H2,1-3H3. The average Bonchev–Trinajstić information content (AvgIpc) is 3.35. The van der Waals surface area contributed by atoms with Gasteiger partial charge in [0.15, 0.2) is 0 Å². The molecule has 0 saturated heterocycles. The van der Waals surface area contributed by atoms with Crippen LogP contribution in [0.1, 0.15) is 396 Å². The van der Waals surface area contributed by atoms with Crippen molar-refractivity contribution in [3.63, 3.8) is 0 Å². The van der Waals surface area contributed by atoms with Crippen LogP contribution in [0.15, 0.2) is 12.1 Å². The third-order valence-corrected chi connectivity index (χ3v) is 16.3. The van der Waals surface area contributed by atoms with Gasteiger partial charge in [-0.25, -0.2) is 0 Å². The van der Waals surface area contributed by atoms with E-state index in [1.807, 2.05) is 0 Å². The molecule has 0 bridgehead atoms. The molecule has 0 nitrogen and oxygen atoms in total. The van der Waals surface area contributed by atoms with Crippen LogP contribution in [-0.4, -0.2) is 0 Å². The van der Waals surface area contributed by atoms with E-state index in [1.54, 1.807) is 22.3 Å². The molecular weight excluding hydrogens is 829 g/mol. The molecule has 1 aromatic rings. The molecule has 1 rings (SSSR count). The predicted molar refractivity (Wildman–Crippen MR) is 318 cm³/mol. The summed E-state index contributed by atoms with van der Waals surface area (Å²) in [7, 11) is 0. The van der Waals surface area contributed by atoms with Crippen LogP contribution in [0.4, 0.5) is 0 Å². The number of hydrogen-bond acceptors (Lipinski definition) is 0. The van der Waals surface area contributed by atoms with Gasteiger partial charge in [-0.3, -0.25) is 0 Å². The molecule has 0 spiro atoms. The van der Waals surface area contributed by atoms with Crippen molar-refractivity contribution >= 4 is 0 Å². The number of hydrogen-bond donors (Lipinski definition) is 0. The number of rotatable bonds is 59. The number of benzene rings is 1. The van der Waals surface area contributed by atoms with Crippen LogP contribution in [-0.2, 0) is 25.7 Å². The monoisotopic (exact) mass is 960 g/mol. The molecule has 0 N–H and O–H groups in total. The van der Waals surface area contributed by atoms with Crippen molar-refractivity contribution in [2.24, 2.45) is 0 Å². The molecule has 0 saturated carbocycles. The molecule has 0 fully saturated rings. The van der Waals surface area contributed by atoms with Crippen molar-refractivity contribution in [3.05, 3.63) is 41.3 Å². The lowest BCUT2D eigenvalue weighted by Gasteiger charge is -2.18. The highest BCUT2D eigenvalue weighted by Crippen LogP contribution is 2.27. The first-order valence-corrected chi connectivity index (χ1v) is 33.2. The first-order chi connectivity index (χ1) is 34.3. The van der Waals surface area contributed by atoms with E-state index in [1.165, 1.54) is 366 Å². The Morgan fingerprint density at radius 2 is 0.391 bits per heavy atom. The maximum absolute atomic E-state index is 4.30. The summed E-state index contributed by atoms with van der Waals surface area (Å²) in [4.78, 5) is 0. The van der Waals surface area contributed by atoms with E-state index in [0.717, 1.165) is 12.8 Å². The molecule has 0 aliphatic carbocycles. The van der Waals surface area contributed by atoms with Crippen LogP contribution >= 0.6 is 0 Å². The fourth-order valence-corrected chi connectivity index (χ4v) is 11.6. The summed E-state index contributed by atoms with van der Waals surface area (Å²) in [5, 5.41) is 0. The van der Waals surface area contributed by atoms with Gasteiger partial charge >= 0.3 is 0 Å². The molecule has 1 aromatic carbocycles. The van der Waals surface area contributed by atoms with Crippen LogP contribution in [0, 0.1) is 6.92 Å². The van der Waals surface area contributed by atoms with Gasteiger partial charge in [-0.05, 0) is 73.6 Å². The quantitative estimate of drug-likeness (QED) is 0.0571. The Hall–Kier alpha value is -0.780. The van der Waals surface area contributed by atoms with Crippen molar-refractivity contribution in [1.82, 2.24) is 0 Å². The van der Waals surface area contributed by atoms with Crippen molar-refractivity contribution in [1.29, 1.82) is 0 Å². The Kier molecular flexibility index (Phi) is 54.2. The molecule has 407 valence electrons. The van der Waals surface area contributed by atoms with Gasteiger partial charge in [0, 0.05) is 0 Å². The molecule has 0 heterocycles. The minimum absolute atomic E-state index is 1.02. The summed E-state index contributed by atoms with van der Waals surface area (Å²) >= 11 is 0. The number of unbranched alkanes of at least 4 members (excludes halogenated alkanes) is 51. The summed E-state index contributed by atoms with van der Waals surface area (Å²) in [6.45, 7) is 11.3. The summed E-state index contributed by atoms with van der Waals surface area (Å²) in [5.74, 6) is 0. The minimum Gasteiger partial charge on any atom is -0.0654 e. The van der Waals surface area contributed by atoms with Gasteiger partial charge in [0.05, 0.1) is 0 Å². The Balaban J connectivity index is 2.44. The van der Waals surface area contributed by atoms with E-state index < -0.39 is 0 Å². The topological polar surface area (TPSA) is 0 Å². The van der Waals surface area contributed by atoms with Gasteiger partial charge in [0.25, 0.3) is 0 Å². The number of aryl methyl sites for hydroxylation is 3. The highest BCUT2D eigenvalue weighted by Gasteiger charge is 2.12. The van der Waals surface area contributed by atoms with Gasteiger partial charge in [-0.1, -0.05) is 367 Å². The van der Waals surface area contributed by atoms with Gasteiger partial charge in [-0.2, -0.15) is 0 Å². The molecule has 0 amide bonds. The Bertz CT molecular complexity index is 1040. The zero-order valence-corrected chi connectivity index (χ0v) is 48.6. The Morgan fingerprint density at radius 1 is 0.217 bits per heavy atom. The van der Waals surface area contributed by atoms with E-state index in [0.29, 0.717) is 0 Å². The van der Waals surface area contributed by atoms with Crippen molar-refractivity contribution < 1.29 is 0 Å². The van der Waals surface area contributed by atoms with E-state index in [2.05, 4.69) is 39.8 Å². The van der Waals surface area contributed by atoms with E-state index in [4.69, 9.17) is 0 Å². The van der Waals surface area contributed by atoms with E-state index >= 15 is 0 Å². The second-order valence-corrected chi connectivity index (χ2v) is 23.3. The first-order valence-electron chi connectivity index (χ1n) is 33.2. The van der Waals surface area contributed by atoms with Crippen molar-refractivity contribution in [3.8, 4) is 0 Å². The van der Waals surface area contributed by atoms with Gasteiger partial charge < -0.3 is 0 Å². The van der Waals surface area contributed by atoms with Crippen molar-refractivity contribution in [2.75, 3.05) is 0 Å². The molecule has 0 atom stereocenters. The van der Waals surface area contributed by atoms with E-state index in [-0.39, 0.29) is 0 Å². The van der Waals surface area contributed by atoms with E-state index in [9.17, 15) is 0 Å². The zero-order valence-electron chi connectivity index (χ0n) is 48.6. The second kappa shape index (κ2) is 56.5. The molecule has 0 unspecified atom stereocenters. The van der Waals surface area contributed by atoms with Crippen LogP contribution in [0.5, 0.6) is 0 Å². The SMILES string of the molecule is [CH2]CCc1cc(CCCCCCCCCCCCCCCCCCCC)c(CCCCCCCCCCCCCCCCCCCC)c(CCCCCCCCCCCCCCCCCCCC)c1. The van der Waals surface area contributed by atoms with Gasteiger partial charge in [-0.15, -0.1) is 0 Å². The first kappa shape index (κ1) is 66.2. The fourth-order valence-electron chi connectivity index (χ4n) is 11.6. The largest absolute Gasteiger partial charge is 0.0654 e. The molecule has 0 heteroatoms. The molecular formula is C69H131. The maximum atomic E-state index is 4.30. The summed E-state index contributed by atoms with van der Waals surface area (Å²) in [6, 6.07) is 5.31. The van der Waals surface area contributed by atoms with Crippen LogP contribution in [0.25, 0.3) is 0 Å². The highest BCUT2D eigenvalue weighted by molar-refractivity contribution is 5.40. The van der Waals surface area contributed by atoms with Crippen LogP contribution in [0.2, 0.25) is 0 Å². The Labute approximate surface area is 438 Å². The maximum Gasteiger partial charge on any atom is -0.0273 e. The van der Waals surface area contributed by atoms with Crippen molar-refractivity contribution in [2.45, 2.75) is 400 Å². The normalized spacial score (nSPS) is 11.7. The molecule has 0 aliphatic heterocycles. The Morgan fingerprint density at radius 3 is 0.580 bits per heavy atom. The molecule has 1 radical (unpaired) electrons. The predicted octanol–water partition coefficient (Wildman–Crippen LogP) is 25.2. The van der Waals surface area contributed by atoms with Crippen LogP contribution in [0.3, 0.4) is 0 Å². The fraction of sp³-hybridized carbons (Fsp3) is 0.899. The van der Waals surface area contributed by atoms with Gasteiger partial charge in [0.2, 0.25) is 0 Å². The third kappa shape index (κ3) is 46.7. The molecule has 0 aliphatic rings. The van der Waals surface area contributed by atoms with Gasteiger partial charge in [0.1, 0.15) is 0 Å². The lowest BCUT2D eigenvalue weighted by Crippen LogP contribution is -2.04. The molecule has 0 aromatic heterocycles. The lowest BCUT2D eigenvalue weighted by atomic mass is 9.87. The second-order valence-electron chi connectivity index (χ2n) is 23.3. The summed E-state index contributed by atoms with van der Waals surface area (Å²) in [6.07, 6.45) is 84.7. The smallest absolute Gasteiger partial charge is 0.0273 e. The molecule has 69 heavy (non-hydrogen) atoms. The summed E-state index contributed by atoms with van der Waals surface area (Å²) < 4.78 is 0. The highest BCUT2D eigenvalue weighted by atomic mass is 14.2. The lowest BCUT2D eigenvalue weighted by molar-refractivity contribution is 0.523. The van der Waals surface area contributed by atoms with Crippen LogP contribution < -0.4 is 0 Å². The third-order valence-electron chi connectivity index (χ3n) is 16.3. The zero-order chi connectivity index (χ0) is 49.4. The minimum atomic E-state index is 1.02. The summed E-state index contributed by atoms with van der Waals surface area (Å²) in [5.41, 5.74) is 6.85. The average molecular weight is 961 g/mol.